The molecule has 2 unspecified atom stereocenters. The Morgan fingerprint density at radius 1 is 0.520 bits per heavy atom. The van der Waals surface area contributed by atoms with Crippen molar-refractivity contribution in [3.63, 3.8) is 0 Å². The van der Waals surface area contributed by atoms with Gasteiger partial charge in [0, 0.05) is 0 Å². The Morgan fingerprint density at radius 2 is 0.680 bits per heavy atom. The summed E-state index contributed by atoms with van der Waals surface area (Å²) >= 11 is 0. The van der Waals surface area contributed by atoms with E-state index in [1.807, 2.05) is 0 Å². The van der Waals surface area contributed by atoms with E-state index >= 15 is 0 Å². The Bertz CT molecular complexity index is 340. The zero-order chi connectivity index (χ0) is 20.4. The normalized spacial score (nSPS) is 18.2. The monoisotopic (exact) mass is 428 g/mol. The summed E-state index contributed by atoms with van der Waals surface area (Å²) in [5.74, 6) is 0. The van der Waals surface area contributed by atoms with Crippen molar-refractivity contribution in [1.82, 2.24) is 0 Å². The second-order valence-electron chi connectivity index (χ2n) is 12.6. The minimum Gasteiger partial charge on any atom is -0.679 e. The van der Waals surface area contributed by atoms with Crippen molar-refractivity contribution in [1.29, 1.82) is 0 Å². The summed E-state index contributed by atoms with van der Waals surface area (Å²) in [4.78, 5) is 0. The molecule has 0 fully saturated rings. The van der Waals surface area contributed by atoms with Crippen LogP contribution >= 0.6 is 0 Å². The Kier molecular flexibility index (Phi) is 11.5. The van der Waals surface area contributed by atoms with Gasteiger partial charge in [0.2, 0.25) is 0 Å². The summed E-state index contributed by atoms with van der Waals surface area (Å²) in [6.07, 6.45) is 0. The molecule has 25 heavy (non-hydrogen) atoms. The van der Waals surface area contributed by atoms with Crippen molar-refractivity contribution >= 4 is 16.5 Å². The molecule has 2 nitrogen and oxygen atoms in total. The topological polar surface area (TPSA) is 47.6 Å². The first-order valence-corrected chi connectivity index (χ1v) is 14.8. The van der Waals surface area contributed by atoms with Crippen molar-refractivity contribution in [3.8, 4) is 0 Å². The largest absolute Gasteiger partial charge is 2.00 e. The maximum absolute atomic E-state index is 8.37. The number of nitrogens with one attached hydrogen (secondary N) is 2. The third-order valence-corrected chi connectivity index (χ3v) is 15.2. The van der Waals surface area contributed by atoms with Crippen molar-refractivity contribution < 1.29 is 17.1 Å². The predicted molar refractivity (Wildman–Crippen MR) is 120 cm³/mol. The average molecular weight is 429 g/mol. The molecule has 0 aliphatic heterocycles. The minimum atomic E-state index is -1.79. The summed E-state index contributed by atoms with van der Waals surface area (Å²) in [6.45, 7) is 31.0. The fourth-order valence-electron chi connectivity index (χ4n) is 2.65. The van der Waals surface area contributed by atoms with Crippen LogP contribution in [0.4, 0.5) is 0 Å². The quantitative estimate of drug-likeness (QED) is 0.394. The molecule has 0 radical (unpaired) electrons. The van der Waals surface area contributed by atoms with Crippen LogP contribution in [0.25, 0.3) is 10.8 Å². The van der Waals surface area contributed by atoms with Crippen LogP contribution in [0.5, 0.6) is 0 Å². The zero-order valence-corrected chi connectivity index (χ0v) is 22.9. The second kappa shape index (κ2) is 9.38. The molecular formula is C20H48FeN2Si2. The fraction of sp³-hybridized carbons (Fsp3) is 1.00. The maximum Gasteiger partial charge on any atom is 2.00 e. The molecule has 0 aromatic carbocycles. The van der Waals surface area contributed by atoms with Crippen LogP contribution < -0.4 is 0 Å². The summed E-state index contributed by atoms with van der Waals surface area (Å²) in [7, 11) is -3.58. The number of hydrogen-bond acceptors (Lipinski definition) is 0. The van der Waals surface area contributed by atoms with E-state index in [-0.39, 0.29) is 27.1 Å². The van der Waals surface area contributed by atoms with Gasteiger partial charge >= 0.3 is 17.1 Å². The van der Waals surface area contributed by atoms with Crippen LogP contribution in [-0.2, 0) is 17.1 Å². The minimum absolute atomic E-state index is 0. The summed E-state index contributed by atoms with van der Waals surface area (Å²) < 4.78 is 0. The van der Waals surface area contributed by atoms with E-state index in [9.17, 15) is 0 Å². The Labute approximate surface area is 173 Å². The molecule has 0 aliphatic rings. The standard InChI is InChI=1S/2C10H24NSi.Fe/c2*1-9(2,3)8-12(7,11)10(4,5)6;/h2*11H,8H2,1-7H3;/q2*-1;+2. The first-order chi connectivity index (χ1) is 9.91. The van der Waals surface area contributed by atoms with E-state index in [1.165, 1.54) is 0 Å². The van der Waals surface area contributed by atoms with Crippen LogP contribution in [0.1, 0.15) is 83.1 Å². The smallest absolute Gasteiger partial charge is 0.679 e. The van der Waals surface area contributed by atoms with Gasteiger partial charge in [-0.05, 0) is 10.8 Å². The van der Waals surface area contributed by atoms with Gasteiger partial charge in [-0.15, -0.1) is 0 Å². The van der Waals surface area contributed by atoms with E-state index < -0.39 is 16.5 Å². The molecule has 0 rings (SSSR count). The van der Waals surface area contributed by atoms with Crippen molar-refractivity contribution in [2.24, 2.45) is 10.8 Å². The van der Waals surface area contributed by atoms with Crippen molar-refractivity contribution in [2.45, 2.75) is 118 Å². The Hall–Kier alpha value is 0.873. The summed E-state index contributed by atoms with van der Waals surface area (Å²) in [5, 5.41) is 17.2. The van der Waals surface area contributed by atoms with Crippen LogP contribution in [0, 0.1) is 10.8 Å². The van der Waals surface area contributed by atoms with Gasteiger partial charge in [-0.2, -0.15) is 0 Å². The molecule has 2 atom stereocenters. The molecule has 0 amide bonds. The molecule has 0 saturated heterocycles. The van der Waals surface area contributed by atoms with Crippen LogP contribution in [0.15, 0.2) is 0 Å². The fourth-order valence-corrected chi connectivity index (χ4v) is 7.95. The van der Waals surface area contributed by atoms with Crippen LogP contribution in [0.3, 0.4) is 0 Å². The molecule has 5 heteroatoms. The van der Waals surface area contributed by atoms with Gasteiger partial charge < -0.3 is 10.8 Å². The van der Waals surface area contributed by atoms with E-state index in [4.69, 9.17) is 10.8 Å². The average Bonchev–Trinajstić information content (AvgIpc) is 2.05. The SMILES string of the molecule is CC(C)(C)C[Si](C)([NH-])C(C)(C)C.CC(C)(C)C[Si](C)([NH-])C(C)(C)C.[Fe+2]. The first-order valence-electron chi connectivity index (χ1n) is 9.41. The van der Waals surface area contributed by atoms with E-state index in [0.29, 0.717) is 10.8 Å². The number of hydrogen-bond donors (Lipinski definition) is 0. The predicted octanol–water partition coefficient (Wildman–Crippen LogP) is 8.92. The molecule has 0 spiro atoms. The Balaban J connectivity index is -0.000000372. The first kappa shape index (κ1) is 30.6. The molecule has 0 aromatic heterocycles. The van der Waals surface area contributed by atoms with Gasteiger partial charge in [0.15, 0.2) is 0 Å². The van der Waals surface area contributed by atoms with Crippen molar-refractivity contribution in [3.05, 3.63) is 10.8 Å². The van der Waals surface area contributed by atoms with Gasteiger partial charge in [0.1, 0.15) is 0 Å². The molecule has 0 aliphatic carbocycles. The van der Waals surface area contributed by atoms with Gasteiger partial charge in [-0.1, -0.05) is 135 Å². The van der Waals surface area contributed by atoms with Crippen molar-refractivity contribution in [2.75, 3.05) is 0 Å². The number of rotatable bonds is 2. The summed E-state index contributed by atoms with van der Waals surface area (Å²) in [5.41, 5.74) is 0.631. The molecular weight excluding hydrogens is 380 g/mol. The maximum atomic E-state index is 8.37. The Morgan fingerprint density at radius 3 is 0.720 bits per heavy atom. The van der Waals surface area contributed by atoms with Gasteiger partial charge in [-0.3, -0.25) is 0 Å². The second-order valence-corrected chi connectivity index (χ2v) is 21.7. The van der Waals surface area contributed by atoms with Crippen LogP contribution in [0.2, 0.25) is 35.3 Å². The summed E-state index contributed by atoms with van der Waals surface area (Å²) in [6, 6.07) is 2.17. The molecule has 0 bridgehead atoms. The molecule has 0 aromatic rings. The van der Waals surface area contributed by atoms with E-state index in [0.717, 1.165) is 12.1 Å². The third kappa shape index (κ3) is 13.7. The molecule has 154 valence electrons. The molecule has 2 N–H and O–H groups in total. The van der Waals surface area contributed by atoms with Gasteiger partial charge in [0.05, 0.1) is 0 Å². The van der Waals surface area contributed by atoms with Gasteiger partial charge in [0.25, 0.3) is 0 Å². The molecule has 0 saturated carbocycles. The zero-order valence-electron chi connectivity index (χ0n) is 19.8. The van der Waals surface area contributed by atoms with Gasteiger partial charge in [-0.25, -0.2) is 0 Å². The van der Waals surface area contributed by atoms with E-state index in [2.05, 4.69) is 96.2 Å². The van der Waals surface area contributed by atoms with Crippen LogP contribution in [-0.4, -0.2) is 16.5 Å². The third-order valence-electron chi connectivity index (χ3n) is 5.08. The molecule has 0 heterocycles. The van der Waals surface area contributed by atoms with E-state index in [1.54, 1.807) is 0 Å².